The van der Waals surface area contributed by atoms with Crippen LogP contribution in [0.2, 0.25) is 0 Å². The SMILES string of the molecule is CC1CCC2C(CCC3C2CCC2(C)C(C(C)N)CCC32)C1. The maximum Gasteiger partial charge on any atom is 0.00440 e. The minimum Gasteiger partial charge on any atom is -0.328 e. The zero-order valence-electron chi connectivity index (χ0n) is 15.1. The van der Waals surface area contributed by atoms with Crippen molar-refractivity contribution in [3.05, 3.63) is 0 Å². The Morgan fingerprint density at radius 2 is 1.68 bits per heavy atom. The molecule has 4 rings (SSSR count). The fourth-order valence-corrected chi connectivity index (χ4v) is 7.99. The fraction of sp³-hybridized carbons (Fsp3) is 1.00. The molecule has 9 atom stereocenters. The summed E-state index contributed by atoms with van der Waals surface area (Å²) >= 11 is 0. The van der Waals surface area contributed by atoms with Crippen LogP contribution in [0.4, 0.5) is 0 Å². The summed E-state index contributed by atoms with van der Waals surface area (Å²) in [5.41, 5.74) is 6.95. The van der Waals surface area contributed by atoms with Gasteiger partial charge in [-0.25, -0.2) is 0 Å². The van der Waals surface area contributed by atoms with E-state index < -0.39 is 0 Å². The maximum absolute atomic E-state index is 6.38. The Labute approximate surface area is 137 Å². The van der Waals surface area contributed by atoms with Gasteiger partial charge in [0.05, 0.1) is 0 Å². The van der Waals surface area contributed by atoms with Gasteiger partial charge in [-0.1, -0.05) is 20.3 Å². The second kappa shape index (κ2) is 5.50. The van der Waals surface area contributed by atoms with E-state index in [1.54, 1.807) is 19.3 Å². The van der Waals surface area contributed by atoms with Gasteiger partial charge in [0.1, 0.15) is 0 Å². The average Bonchev–Trinajstić information content (AvgIpc) is 2.84. The largest absolute Gasteiger partial charge is 0.328 e. The van der Waals surface area contributed by atoms with Crippen molar-refractivity contribution in [1.82, 2.24) is 0 Å². The summed E-state index contributed by atoms with van der Waals surface area (Å²) in [6, 6.07) is 0.401. The van der Waals surface area contributed by atoms with Crippen molar-refractivity contribution in [1.29, 1.82) is 0 Å². The molecule has 9 unspecified atom stereocenters. The van der Waals surface area contributed by atoms with E-state index in [0.717, 1.165) is 41.4 Å². The van der Waals surface area contributed by atoms with Crippen LogP contribution in [0.1, 0.15) is 78.6 Å². The first-order valence-corrected chi connectivity index (χ1v) is 10.3. The van der Waals surface area contributed by atoms with Crippen LogP contribution in [0.3, 0.4) is 0 Å². The van der Waals surface area contributed by atoms with Crippen LogP contribution < -0.4 is 5.73 Å². The van der Waals surface area contributed by atoms with Gasteiger partial charge in [-0.15, -0.1) is 0 Å². The Kier molecular flexibility index (Phi) is 3.87. The number of nitrogens with two attached hydrogens (primary N) is 1. The highest BCUT2D eigenvalue weighted by Gasteiger charge is 2.57. The molecule has 0 aliphatic heterocycles. The Morgan fingerprint density at radius 3 is 2.45 bits per heavy atom. The van der Waals surface area contributed by atoms with E-state index in [0.29, 0.717) is 11.5 Å². The van der Waals surface area contributed by atoms with Crippen molar-refractivity contribution in [2.75, 3.05) is 0 Å². The highest BCUT2D eigenvalue weighted by atomic mass is 14.7. The molecule has 2 N–H and O–H groups in total. The van der Waals surface area contributed by atoms with Crippen LogP contribution in [0.15, 0.2) is 0 Å². The minimum atomic E-state index is 0.401. The molecule has 0 aromatic carbocycles. The lowest BCUT2D eigenvalue weighted by atomic mass is 9.49. The molecule has 0 bridgehead atoms. The first kappa shape index (κ1) is 15.5. The van der Waals surface area contributed by atoms with Crippen LogP contribution in [0.25, 0.3) is 0 Å². The predicted molar refractivity (Wildman–Crippen MR) is 93.4 cm³/mol. The average molecular weight is 304 g/mol. The topological polar surface area (TPSA) is 26.0 Å². The molecule has 0 spiro atoms. The van der Waals surface area contributed by atoms with Crippen molar-refractivity contribution in [2.24, 2.45) is 52.6 Å². The van der Waals surface area contributed by atoms with E-state index in [2.05, 4.69) is 20.8 Å². The normalized spacial score (nSPS) is 55.9. The monoisotopic (exact) mass is 303 g/mol. The number of fused-ring (bicyclic) bond motifs is 5. The third-order valence-electron chi connectivity index (χ3n) is 8.92. The molecule has 1 nitrogen and oxygen atoms in total. The molecule has 1 heteroatoms. The van der Waals surface area contributed by atoms with Crippen molar-refractivity contribution < 1.29 is 0 Å². The van der Waals surface area contributed by atoms with Gasteiger partial charge in [0.15, 0.2) is 0 Å². The van der Waals surface area contributed by atoms with Crippen LogP contribution in [-0.2, 0) is 0 Å². The van der Waals surface area contributed by atoms with Crippen LogP contribution >= 0.6 is 0 Å². The molecule has 4 saturated carbocycles. The van der Waals surface area contributed by atoms with E-state index in [1.807, 2.05) is 0 Å². The molecule has 4 fully saturated rings. The second-order valence-corrected chi connectivity index (χ2v) is 9.94. The summed E-state index contributed by atoms with van der Waals surface area (Å²) < 4.78 is 0. The fourth-order valence-electron chi connectivity index (χ4n) is 7.99. The molecule has 126 valence electrons. The summed E-state index contributed by atoms with van der Waals surface area (Å²) in [5, 5.41) is 0. The van der Waals surface area contributed by atoms with E-state index in [4.69, 9.17) is 5.73 Å². The van der Waals surface area contributed by atoms with E-state index in [1.165, 1.54) is 38.5 Å². The van der Waals surface area contributed by atoms with E-state index in [9.17, 15) is 0 Å². The molecular weight excluding hydrogens is 266 g/mol. The molecule has 0 aromatic heterocycles. The quantitative estimate of drug-likeness (QED) is 0.704. The van der Waals surface area contributed by atoms with E-state index >= 15 is 0 Å². The number of rotatable bonds is 1. The number of hydrogen-bond acceptors (Lipinski definition) is 1. The van der Waals surface area contributed by atoms with Gasteiger partial charge in [-0.3, -0.25) is 0 Å². The van der Waals surface area contributed by atoms with Gasteiger partial charge in [0.25, 0.3) is 0 Å². The maximum atomic E-state index is 6.38. The highest BCUT2D eigenvalue weighted by molar-refractivity contribution is 5.07. The van der Waals surface area contributed by atoms with Gasteiger partial charge >= 0.3 is 0 Å². The minimum absolute atomic E-state index is 0.401. The van der Waals surface area contributed by atoms with Crippen LogP contribution in [0, 0.1) is 46.8 Å². The van der Waals surface area contributed by atoms with Crippen molar-refractivity contribution in [3.8, 4) is 0 Å². The molecule has 0 aromatic rings. The van der Waals surface area contributed by atoms with E-state index in [-0.39, 0.29) is 0 Å². The first-order valence-electron chi connectivity index (χ1n) is 10.3. The summed E-state index contributed by atoms with van der Waals surface area (Å²) in [5.74, 6) is 7.10. The van der Waals surface area contributed by atoms with Crippen LogP contribution in [0.5, 0.6) is 0 Å². The molecule has 22 heavy (non-hydrogen) atoms. The number of hydrogen-bond donors (Lipinski definition) is 1. The standard InChI is InChI=1S/C21H37N/c1-13-4-6-16-15(12-13)5-7-18-17(16)10-11-21(3)19(14(2)22)8-9-20(18)21/h13-20H,4-12,22H2,1-3H3. The van der Waals surface area contributed by atoms with Gasteiger partial charge < -0.3 is 5.73 Å². The van der Waals surface area contributed by atoms with Gasteiger partial charge in [-0.2, -0.15) is 0 Å². The third kappa shape index (κ3) is 2.21. The molecule has 0 heterocycles. The molecule has 0 radical (unpaired) electrons. The zero-order valence-corrected chi connectivity index (χ0v) is 15.1. The summed E-state index contributed by atoms with van der Waals surface area (Å²) in [6.07, 6.45) is 13.6. The second-order valence-electron chi connectivity index (χ2n) is 9.94. The lowest BCUT2D eigenvalue weighted by molar-refractivity contribution is -0.0689. The van der Waals surface area contributed by atoms with Crippen LogP contribution in [-0.4, -0.2) is 6.04 Å². The third-order valence-corrected chi connectivity index (χ3v) is 8.92. The summed E-state index contributed by atoms with van der Waals surface area (Å²) in [4.78, 5) is 0. The zero-order chi connectivity index (χ0) is 15.5. The van der Waals surface area contributed by atoms with Crippen molar-refractivity contribution >= 4 is 0 Å². The van der Waals surface area contributed by atoms with Gasteiger partial charge in [0, 0.05) is 6.04 Å². The summed E-state index contributed by atoms with van der Waals surface area (Å²) in [6.45, 7) is 7.37. The smallest absolute Gasteiger partial charge is 0.00440 e. The van der Waals surface area contributed by atoms with Crippen molar-refractivity contribution in [3.63, 3.8) is 0 Å². The molecule has 0 amide bonds. The Bertz CT molecular complexity index is 416. The predicted octanol–water partition coefficient (Wildman–Crippen LogP) is 5.24. The Morgan fingerprint density at radius 1 is 0.909 bits per heavy atom. The molecule has 0 saturated heterocycles. The van der Waals surface area contributed by atoms with Gasteiger partial charge in [-0.05, 0) is 105 Å². The lowest BCUT2D eigenvalue weighted by Crippen LogP contribution is -2.50. The molecular formula is C21H37N. The first-order chi connectivity index (χ1) is 10.5. The highest BCUT2D eigenvalue weighted by Crippen LogP contribution is 2.64. The summed E-state index contributed by atoms with van der Waals surface area (Å²) in [7, 11) is 0. The van der Waals surface area contributed by atoms with Gasteiger partial charge in [0.2, 0.25) is 0 Å². The molecule has 4 aliphatic carbocycles. The lowest BCUT2D eigenvalue weighted by Gasteiger charge is -2.56. The van der Waals surface area contributed by atoms with Crippen molar-refractivity contribution in [2.45, 2.75) is 84.6 Å². The Balaban J connectivity index is 1.55. The Hall–Kier alpha value is -0.0400. The molecule has 4 aliphatic rings.